The number of nitrogens with zero attached hydrogens (tertiary/aromatic N) is 2. The Kier molecular flexibility index (Phi) is 2.66. The molecule has 1 aromatic carbocycles. The van der Waals surface area contributed by atoms with Crippen LogP contribution in [0.1, 0.15) is 27.7 Å². The summed E-state index contributed by atoms with van der Waals surface area (Å²) in [6.07, 6.45) is 3.36. The zero-order chi connectivity index (χ0) is 13.7. The molecular weight excluding hydrogens is 239 g/mol. The molecule has 1 aliphatic rings. The standard InChI is InChI=1S/C14H17BN2O2/c1-13(2)14(3,4)19-15(18-13)11-5-6-12-10(7-11)8-16-9-17-12/h5-9H,1-4H3. The third-order valence-corrected chi connectivity index (χ3v) is 4.05. The van der Waals surface area contributed by atoms with Crippen molar-refractivity contribution in [3.8, 4) is 0 Å². The van der Waals surface area contributed by atoms with Crippen molar-refractivity contribution in [1.82, 2.24) is 9.97 Å². The summed E-state index contributed by atoms with van der Waals surface area (Å²) in [6.45, 7) is 8.21. The molecule has 4 nitrogen and oxygen atoms in total. The second kappa shape index (κ2) is 4.02. The van der Waals surface area contributed by atoms with Crippen molar-refractivity contribution in [2.75, 3.05) is 0 Å². The zero-order valence-corrected chi connectivity index (χ0v) is 11.7. The van der Waals surface area contributed by atoms with Crippen LogP contribution in [0.3, 0.4) is 0 Å². The molecular formula is C14H17BN2O2. The summed E-state index contributed by atoms with van der Waals surface area (Å²) < 4.78 is 12.1. The Morgan fingerprint density at radius 1 is 1.05 bits per heavy atom. The SMILES string of the molecule is CC1(C)OB(c2ccc3ncncc3c2)OC1(C)C. The van der Waals surface area contributed by atoms with Crippen LogP contribution in [0.4, 0.5) is 0 Å². The van der Waals surface area contributed by atoms with Crippen LogP contribution in [-0.4, -0.2) is 28.3 Å². The van der Waals surface area contributed by atoms with Crippen LogP contribution >= 0.6 is 0 Å². The van der Waals surface area contributed by atoms with Gasteiger partial charge < -0.3 is 9.31 Å². The second-order valence-corrected chi connectivity index (χ2v) is 5.93. The minimum Gasteiger partial charge on any atom is -0.399 e. The van der Waals surface area contributed by atoms with E-state index in [2.05, 4.69) is 37.7 Å². The van der Waals surface area contributed by atoms with Crippen LogP contribution in [0.15, 0.2) is 30.7 Å². The highest BCUT2D eigenvalue weighted by atomic mass is 16.7. The summed E-state index contributed by atoms with van der Waals surface area (Å²) in [7, 11) is -0.338. The average molecular weight is 256 g/mol. The van der Waals surface area contributed by atoms with Crippen molar-refractivity contribution < 1.29 is 9.31 Å². The Hall–Kier alpha value is -1.46. The number of aromatic nitrogens is 2. The number of hydrogen-bond acceptors (Lipinski definition) is 4. The minimum absolute atomic E-state index is 0.320. The molecule has 0 spiro atoms. The first-order chi connectivity index (χ1) is 8.89. The lowest BCUT2D eigenvalue weighted by atomic mass is 9.78. The molecule has 3 rings (SSSR count). The van der Waals surface area contributed by atoms with E-state index in [4.69, 9.17) is 9.31 Å². The van der Waals surface area contributed by atoms with Gasteiger partial charge in [0.05, 0.1) is 16.7 Å². The number of benzene rings is 1. The normalized spacial score (nSPS) is 20.9. The predicted octanol–water partition coefficient (Wildman–Crippen LogP) is 1.93. The molecule has 0 amide bonds. The molecule has 5 heteroatoms. The van der Waals surface area contributed by atoms with Crippen molar-refractivity contribution in [2.45, 2.75) is 38.9 Å². The molecule has 0 radical (unpaired) electrons. The van der Waals surface area contributed by atoms with E-state index in [0.29, 0.717) is 0 Å². The Bertz CT molecular complexity index is 612. The van der Waals surface area contributed by atoms with Crippen LogP contribution in [0.5, 0.6) is 0 Å². The summed E-state index contributed by atoms with van der Waals surface area (Å²) in [5.41, 5.74) is 1.29. The lowest BCUT2D eigenvalue weighted by Gasteiger charge is -2.32. The lowest BCUT2D eigenvalue weighted by Crippen LogP contribution is -2.41. The highest BCUT2D eigenvalue weighted by Gasteiger charge is 2.51. The summed E-state index contributed by atoms with van der Waals surface area (Å²) in [6, 6.07) is 5.99. The van der Waals surface area contributed by atoms with Crippen molar-refractivity contribution in [2.24, 2.45) is 0 Å². The first-order valence-corrected chi connectivity index (χ1v) is 6.44. The van der Waals surface area contributed by atoms with Crippen molar-refractivity contribution >= 4 is 23.5 Å². The van der Waals surface area contributed by atoms with E-state index in [1.807, 2.05) is 18.2 Å². The molecule has 19 heavy (non-hydrogen) atoms. The molecule has 2 aromatic rings. The van der Waals surface area contributed by atoms with Gasteiger partial charge in [0.15, 0.2) is 0 Å². The molecule has 0 aliphatic carbocycles. The highest BCUT2D eigenvalue weighted by Crippen LogP contribution is 2.36. The van der Waals surface area contributed by atoms with E-state index >= 15 is 0 Å². The van der Waals surface area contributed by atoms with Crippen LogP contribution in [0.2, 0.25) is 0 Å². The Morgan fingerprint density at radius 2 is 1.74 bits per heavy atom. The van der Waals surface area contributed by atoms with Crippen LogP contribution < -0.4 is 5.46 Å². The molecule has 0 atom stereocenters. The monoisotopic (exact) mass is 256 g/mol. The average Bonchev–Trinajstić information content (AvgIpc) is 2.58. The maximum Gasteiger partial charge on any atom is 0.494 e. The van der Waals surface area contributed by atoms with Gasteiger partial charge >= 0.3 is 7.12 Å². The maximum absolute atomic E-state index is 6.04. The van der Waals surface area contributed by atoms with Gasteiger partial charge in [-0.2, -0.15) is 0 Å². The van der Waals surface area contributed by atoms with Crippen LogP contribution in [0, 0.1) is 0 Å². The van der Waals surface area contributed by atoms with E-state index in [0.717, 1.165) is 16.4 Å². The molecule has 0 unspecified atom stereocenters. The fourth-order valence-corrected chi connectivity index (χ4v) is 2.13. The second-order valence-electron chi connectivity index (χ2n) is 5.93. The number of rotatable bonds is 1. The third kappa shape index (κ3) is 2.03. The summed E-state index contributed by atoms with van der Waals surface area (Å²) in [5, 5.41) is 0.995. The molecule has 0 N–H and O–H groups in total. The lowest BCUT2D eigenvalue weighted by molar-refractivity contribution is 0.00578. The molecule has 98 valence electrons. The van der Waals surface area contributed by atoms with E-state index in [1.54, 1.807) is 12.5 Å². The van der Waals surface area contributed by atoms with E-state index in [9.17, 15) is 0 Å². The van der Waals surface area contributed by atoms with Gasteiger partial charge in [-0.3, -0.25) is 0 Å². The van der Waals surface area contributed by atoms with Crippen LogP contribution in [-0.2, 0) is 9.31 Å². The van der Waals surface area contributed by atoms with Gasteiger partial charge in [0.2, 0.25) is 0 Å². The fourth-order valence-electron chi connectivity index (χ4n) is 2.13. The third-order valence-electron chi connectivity index (χ3n) is 4.05. The predicted molar refractivity (Wildman–Crippen MR) is 75.3 cm³/mol. The number of fused-ring (bicyclic) bond motifs is 1. The van der Waals surface area contributed by atoms with Gasteiger partial charge in [-0.05, 0) is 39.2 Å². The summed E-state index contributed by atoms with van der Waals surface area (Å²) in [5.74, 6) is 0. The van der Waals surface area contributed by atoms with Gasteiger partial charge in [-0.25, -0.2) is 9.97 Å². The topological polar surface area (TPSA) is 44.2 Å². The smallest absolute Gasteiger partial charge is 0.399 e. The summed E-state index contributed by atoms with van der Waals surface area (Å²) >= 11 is 0. The van der Waals surface area contributed by atoms with Gasteiger partial charge in [0, 0.05) is 11.6 Å². The van der Waals surface area contributed by atoms with E-state index in [1.165, 1.54) is 0 Å². The quantitative estimate of drug-likeness (QED) is 0.731. The first kappa shape index (κ1) is 12.6. The van der Waals surface area contributed by atoms with Gasteiger partial charge in [-0.1, -0.05) is 12.1 Å². The van der Waals surface area contributed by atoms with Gasteiger partial charge in [0.1, 0.15) is 6.33 Å². The van der Waals surface area contributed by atoms with Gasteiger partial charge in [-0.15, -0.1) is 0 Å². The molecule has 0 bridgehead atoms. The van der Waals surface area contributed by atoms with Crippen molar-refractivity contribution in [3.63, 3.8) is 0 Å². The molecule has 1 aromatic heterocycles. The Balaban J connectivity index is 1.98. The summed E-state index contributed by atoms with van der Waals surface area (Å²) in [4.78, 5) is 8.26. The zero-order valence-electron chi connectivity index (χ0n) is 11.7. The molecule has 0 saturated carbocycles. The molecule has 1 aliphatic heterocycles. The largest absolute Gasteiger partial charge is 0.494 e. The van der Waals surface area contributed by atoms with Crippen molar-refractivity contribution in [3.05, 3.63) is 30.7 Å². The molecule has 1 saturated heterocycles. The van der Waals surface area contributed by atoms with Gasteiger partial charge in [0.25, 0.3) is 0 Å². The van der Waals surface area contributed by atoms with Crippen molar-refractivity contribution in [1.29, 1.82) is 0 Å². The first-order valence-electron chi connectivity index (χ1n) is 6.44. The fraction of sp³-hybridized carbons (Fsp3) is 0.429. The number of hydrogen-bond donors (Lipinski definition) is 0. The Labute approximate surface area is 113 Å². The van der Waals surface area contributed by atoms with Crippen LogP contribution in [0.25, 0.3) is 10.9 Å². The van der Waals surface area contributed by atoms with E-state index in [-0.39, 0.29) is 18.3 Å². The maximum atomic E-state index is 6.04. The minimum atomic E-state index is -0.338. The highest BCUT2D eigenvalue weighted by molar-refractivity contribution is 6.62. The van der Waals surface area contributed by atoms with E-state index < -0.39 is 0 Å². The Morgan fingerprint density at radius 3 is 2.42 bits per heavy atom. The molecule has 1 fully saturated rings. The molecule has 2 heterocycles.